The summed E-state index contributed by atoms with van der Waals surface area (Å²) < 4.78 is 5.96. The lowest BCUT2D eigenvalue weighted by molar-refractivity contribution is -0.142. The molecule has 4 unspecified atom stereocenters. The number of fused-ring (bicyclic) bond motifs is 1. The van der Waals surface area contributed by atoms with E-state index in [1.165, 1.54) is 4.90 Å². The van der Waals surface area contributed by atoms with Gasteiger partial charge in [-0.25, -0.2) is 0 Å². The number of carbonyl (C=O) groups is 2. The van der Waals surface area contributed by atoms with E-state index in [-0.39, 0.29) is 35.9 Å². The minimum atomic E-state index is -0.363. The Kier molecular flexibility index (Phi) is 4.14. The lowest BCUT2D eigenvalue weighted by atomic mass is 9.88. The summed E-state index contributed by atoms with van der Waals surface area (Å²) in [6, 6.07) is 0. The smallest absolute Gasteiger partial charge is 0.236 e. The van der Waals surface area contributed by atoms with Crippen molar-refractivity contribution in [3.05, 3.63) is 23.3 Å². The molecular formula is C16H23NO3. The van der Waals surface area contributed by atoms with Crippen molar-refractivity contribution in [1.29, 1.82) is 0 Å². The molecule has 0 aliphatic carbocycles. The van der Waals surface area contributed by atoms with Crippen molar-refractivity contribution in [3.63, 3.8) is 0 Å². The van der Waals surface area contributed by atoms with E-state index < -0.39 is 0 Å². The highest BCUT2D eigenvalue weighted by molar-refractivity contribution is 6.06. The molecule has 2 heterocycles. The summed E-state index contributed by atoms with van der Waals surface area (Å²) in [7, 11) is 0. The Balaban J connectivity index is 2.39. The zero-order valence-corrected chi connectivity index (χ0v) is 12.8. The second-order valence-corrected chi connectivity index (χ2v) is 6.03. The summed E-state index contributed by atoms with van der Waals surface area (Å²) in [5.41, 5.74) is 2.20. The number of imide groups is 1. The topological polar surface area (TPSA) is 46.6 Å². The van der Waals surface area contributed by atoms with E-state index in [1.807, 2.05) is 46.8 Å². The van der Waals surface area contributed by atoms with Gasteiger partial charge >= 0.3 is 0 Å². The van der Waals surface area contributed by atoms with Crippen LogP contribution in [-0.2, 0) is 14.3 Å². The van der Waals surface area contributed by atoms with Crippen molar-refractivity contribution >= 4 is 11.8 Å². The number of carbonyl (C=O) groups excluding carboxylic acids is 2. The maximum absolute atomic E-state index is 12.4. The van der Waals surface area contributed by atoms with E-state index in [0.29, 0.717) is 6.54 Å². The fourth-order valence-corrected chi connectivity index (χ4v) is 3.07. The summed E-state index contributed by atoms with van der Waals surface area (Å²) in [5.74, 6) is -0.903. The van der Waals surface area contributed by atoms with Crippen LogP contribution in [0.15, 0.2) is 23.3 Å². The van der Waals surface area contributed by atoms with Crippen LogP contribution in [0.4, 0.5) is 0 Å². The fraction of sp³-hybridized carbons (Fsp3) is 0.625. The van der Waals surface area contributed by atoms with Gasteiger partial charge in [-0.1, -0.05) is 23.3 Å². The van der Waals surface area contributed by atoms with Crippen LogP contribution in [0.5, 0.6) is 0 Å². The third-order valence-corrected chi connectivity index (χ3v) is 3.82. The van der Waals surface area contributed by atoms with E-state index in [1.54, 1.807) is 0 Å². The highest BCUT2D eigenvalue weighted by Gasteiger charge is 2.58. The van der Waals surface area contributed by atoms with Crippen LogP contribution in [0.3, 0.4) is 0 Å². The summed E-state index contributed by atoms with van der Waals surface area (Å²) in [6.07, 6.45) is 3.33. The normalized spacial score (nSPS) is 32.4. The molecule has 20 heavy (non-hydrogen) atoms. The van der Waals surface area contributed by atoms with Gasteiger partial charge in [-0.15, -0.1) is 0 Å². The molecular weight excluding hydrogens is 254 g/mol. The SMILES string of the molecule is CCN1C(=O)C2C(C=C(C)C)OC(C=C(C)C)C2C1=O. The number of ether oxygens (including phenoxy) is 1. The first kappa shape index (κ1) is 15.0. The van der Waals surface area contributed by atoms with E-state index in [4.69, 9.17) is 4.74 Å². The van der Waals surface area contributed by atoms with Gasteiger partial charge in [-0.05, 0) is 34.6 Å². The number of hydrogen-bond donors (Lipinski definition) is 0. The molecule has 110 valence electrons. The number of nitrogens with zero attached hydrogens (tertiary/aromatic N) is 1. The average molecular weight is 277 g/mol. The zero-order chi connectivity index (χ0) is 15.0. The maximum Gasteiger partial charge on any atom is 0.236 e. The van der Waals surface area contributed by atoms with Crippen LogP contribution >= 0.6 is 0 Å². The van der Waals surface area contributed by atoms with Crippen molar-refractivity contribution in [3.8, 4) is 0 Å². The maximum atomic E-state index is 12.4. The molecule has 0 aromatic rings. The standard InChI is InChI=1S/C16H23NO3/c1-6-17-15(18)13-11(7-9(2)3)20-12(8-10(4)5)14(13)16(17)19/h7-8,11-14H,6H2,1-5H3. The fourth-order valence-electron chi connectivity index (χ4n) is 3.07. The first-order valence-electron chi connectivity index (χ1n) is 7.17. The number of rotatable bonds is 3. The minimum Gasteiger partial charge on any atom is -0.365 e. The molecule has 4 atom stereocenters. The number of hydrogen-bond acceptors (Lipinski definition) is 3. The summed E-state index contributed by atoms with van der Waals surface area (Å²) in [5, 5.41) is 0. The highest BCUT2D eigenvalue weighted by atomic mass is 16.5. The predicted octanol–water partition coefficient (Wildman–Crippen LogP) is 2.31. The predicted molar refractivity (Wildman–Crippen MR) is 76.9 cm³/mol. The second kappa shape index (κ2) is 5.52. The second-order valence-electron chi connectivity index (χ2n) is 6.03. The minimum absolute atomic E-state index is 0.0883. The molecule has 0 aromatic carbocycles. The Labute approximate surface area is 120 Å². The molecule has 2 aliphatic rings. The molecule has 2 fully saturated rings. The molecule has 0 N–H and O–H groups in total. The molecule has 4 nitrogen and oxygen atoms in total. The van der Waals surface area contributed by atoms with Gasteiger partial charge in [-0.3, -0.25) is 14.5 Å². The van der Waals surface area contributed by atoms with Crippen LogP contribution in [0.2, 0.25) is 0 Å². The summed E-state index contributed by atoms with van der Waals surface area (Å²) in [4.78, 5) is 26.2. The first-order chi connectivity index (χ1) is 9.36. The first-order valence-corrected chi connectivity index (χ1v) is 7.17. The van der Waals surface area contributed by atoms with Crippen molar-refractivity contribution in [2.24, 2.45) is 11.8 Å². The quantitative estimate of drug-likeness (QED) is 0.587. The van der Waals surface area contributed by atoms with Gasteiger partial charge in [0.15, 0.2) is 0 Å². The number of amides is 2. The van der Waals surface area contributed by atoms with E-state index in [9.17, 15) is 9.59 Å². The third kappa shape index (κ3) is 2.44. The number of likely N-dealkylation sites (tertiary alicyclic amines) is 1. The number of allylic oxidation sites excluding steroid dienone is 2. The van der Waals surface area contributed by atoms with Crippen LogP contribution in [0.25, 0.3) is 0 Å². The van der Waals surface area contributed by atoms with Gasteiger partial charge in [0.1, 0.15) is 0 Å². The molecule has 4 heteroatoms. The van der Waals surface area contributed by atoms with Crippen molar-refractivity contribution in [1.82, 2.24) is 4.90 Å². The van der Waals surface area contributed by atoms with Crippen molar-refractivity contribution < 1.29 is 14.3 Å². The monoisotopic (exact) mass is 277 g/mol. The molecule has 2 aliphatic heterocycles. The van der Waals surface area contributed by atoms with Gasteiger partial charge in [-0.2, -0.15) is 0 Å². The molecule has 0 radical (unpaired) electrons. The van der Waals surface area contributed by atoms with Gasteiger partial charge in [0.05, 0.1) is 24.0 Å². The Hall–Kier alpha value is -1.42. The molecule has 2 rings (SSSR count). The van der Waals surface area contributed by atoms with E-state index in [2.05, 4.69) is 0 Å². The van der Waals surface area contributed by atoms with Gasteiger partial charge in [0.2, 0.25) is 11.8 Å². The molecule has 0 saturated carbocycles. The highest BCUT2D eigenvalue weighted by Crippen LogP contribution is 2.42. The van der Waals surface area contributed by atoms with Gasteiger partial charge in [0, 0.05) is 6.54 Å². The Bertz CT molecular complexity index is 442. The van der Waals surface area contributed by atoms with Crippen LogP contribution < -0.4 is 0 Å². The van der Waals surface area contributed by atoms with Gasteiger partial charge < -0.3 is 4.74 Å². The van der Waals surface area contributed by atoms with Crippen molar-refractivity contribution in [2.75, 3.05) is 6.54 Å². The van der Waals surface area contributed by atoms with Crippen LogP contribution in [0.1, 0.15) is 34.6 Å². The van der Waals surface area contributed by atoms with E-state index >= 15 is 0 Å². The zero-order valence-electron chi connectivity index (χ0n) is 12.8. The summed E-state index contributed by atoms with van der Waals surface area (Å²) in [6.45, 7) is 10.2. The molecule has 0 spiro atoms. The summed E-state index contributed by atoms with van der Waals surface area (Å²) >= 11 is 0. The lowest BCUT2D eigenvalue weighted by Crippen LogP contribution is -2.35. The van der Waals surface area contributed by atoms with Crippen molar-refractivity contribution in [2.45, 2.75) is 46.8 Å². The lowest BCUT2D eigenvalue weighted by Gasteiger charge is -2.18. The Morgan fingerprint density at radius 3 is 1.70 bits per heavy atom. The Morgan fingerprint density at radius 1 is 1.00 bits per heavy atom. The van der Waals surface area contributed by atoms with E-state index in [0.717, 1.165) is 11.1 Å². The van der Waals surface area contributed by atoms with Crippen LogP contribution in [-0.4, -0.2) is 35.5 Å². The van der Waals surface area contributed by atoms with Gasteiger partial charge in [0.25, 0.3) is 0 Å². The average Bonchev–Trinajstić information content (AvgIpc) is 2.77. The molecule has 2 amide bonds. The Morgan fingerprint density at radius 2 is 1.40 bits per heavy atom. The largest absolute Gasteiger partial charge is 0.365 e. The third-order valence-electron chi connectivity index (χ3n) is 3.82. The van der Waals surface area contributed by atoms with Crippen LogP contribution in [0, 0.1) is 11.8 Å². The molecule has 2 saturated heterocycles. The molecule has 0 bridgehead atoms. The molecule has 0 aromatic heterocycles.